The number of nitrogens with one attached hydrogen (secondary N) is 1. The van der Waals surface area contributed by atoms with Crippen LogP contribution in [0.25, 0.3) is 0 Å². The average Bonchev–Trinajstić information content (AvgIpc) is 1.85. The minimum Gasteiger partial charge on any atom is -0.508 e. The largest absolute Gasteiger partial charge is 0.508 e. The van der Waals surface area contributed by atoms with E-state index in [-0.39, 0.29) is 5.75 Å². The molecule has 0 spiro atoms. The summed E-state index contributed by atoms with van der Waals surface area (Å²) < 4.78 is 1.68. The Morgan fingerprint density at radius 2 is 1.73 bits per heavy atom. The maximum Gasteiger partial charge on any atom is 0.117 e. The summed E-state index contributed by atoms with van der Waals surface area (Å²) >= 11 is 6.61. The Morgan fingerprint density at radius 1 is 1.27 bits per heavy atom. The van der Waals surface area contributed by atoms with Crippen molar-refractivity contribution in [3.63, 3.8) is 0 Å². The molecule has 60 valence electrons. The zero-order valence-corrected chi connectivity index (χ0v) is 9.03. The summed E-state index contributed by atoms with van der Waals surface area (Å²) in [5.74, 6) is 0.239. The summed E-state index contributed by atoms with van der Waals surface area (Å²) in [5.41, 5.74) is 0.933. The summed E-state index contributed by atoms with van der Waals surface area (Å²) in [6, 6.07) is 3.27. The Morgan fingerprint density at radius 3 is 2.09 bits per heavy atom. The lowest BCUT2D eigenvalue weighted by Gasteiger charge is -2.06. The molecule has 0 aliphatic rings. The molecule has 2 N–H and O–H groups in total. The molecule has 0 aliphatic heterocycles. The number of hydrogen-bond acceptors (Lipinski definition) is 2. The van der Waals surface area contributed by atoms with E-state index in [4.69, 9.17) is 5.11 Å². The number of hydrogen-bond donors (Lipinski definition) is 2. The lowest BCUT2D eigenvalue weighted by molar-refractivity contribution is 0.474. The minimum absolute atomic E-state index is 0.239. The molecule has 0 saturated carbocycles. The van der Waals surface area contributed by atoms with E-state index in [2.05, 4.69) is 37.2 Å². The number of phenols is 1. The van der Waals surface area contributed by atoms with E-state index in [1.807, 2.05) is 7.05 Å². The van der Waals surface area contributed by atoms with Crippen LogP contribution >= 0.6 is 31.9 Å². The maximum atomic E-state index is 9.13. The van der Waals surface area contributed by atoms with Gasteiger partial charge in [0, 0.05) is 16.0 Å². The van der Waals surface area contributed by atoms with Gasteiger partial charge in [-0.25, -0.2) is 0 Å². The molecule has 1 aromatic carbocycles. The van der Waals surface area contributed by atoms with Crippen molar-refractivity contribution in [3.8, 4) is 5.75 Å². The third-order valence-corrected chi connectivity index (χ3v) is 2.53. The molecule has 11 heavy (non-hydrogen) atoms. The Balaban J connectivity index is 3.25. The van der Waals surface area contributed by atoms with Gasteiger partial charge in [0.25, 0.3) is 0 Å². The summed E-state index contributed by atoms with van der Waals surface area (Å²) in [6.07, 6.45) is 0. The normalized spacial score (nSPS) is 9.73. The van der Waals surface area contributed by atoms with Crippen molar-refractivity contribution in [2.24, 2.45) is 0 Å². The maximum absolute atomic E-state index is 9.13. The highest BCUT2D eigenvalue weighted by atomic mass is 79.9. The minimum atomic E-state index is 0.239. The molecular weight excluding hydrogens is 274 g/mol. The van der Waals surface area contributed by atoms with Gasteiger partial charge >= 0.3 is 0 Å². The van der Waals surface area contributed by atoms with E-state index in [0.717, 1.165) is 14.6 Å². The second-order valence-electron chi connectivity index (χ2n) is 2.03. The fourth-order valence-corrected chi connectivity index (χ4v) is 2.36. The molecule has 0 heterocycles. The first kappa shape index (κ1) is 8.87. The molecule has 0 amide bonds. The molecule has 0 unspecified atom stereocenters. The zero-order chi connectivity index (χ0) is 8.43. The molecule has 0 radical (unpaired) electrons. The lowest BCUT2D eigenvalue weighted by Crippen LogP contribution is -1.90. The van der Waals surface area contributed by atoms with E-state index in [1.54, 1.807) is 12.1 Å². The third-order valence-electron chi connectivity index (χ3n) is 1.28. The second kappa shape index (κ2) is 3.45. The Bertz CT molecular complexity index is 252. The SMILES string of the molecule is CNc1c(Br)cc(O)cc1Br. The van der Waals surface area contributed by atoms with Gasteiger partial charge in [-0.2, -0.15) is 0 Å². The third kappa shape index (κ3) is 1.87. The monoisotopic (exact) mass is 279 g/mol. The number of halogens is 2. The standard InChI is InChI=1S/C7H7Br2NO/c1-10-7-5(8)2-4(11)3-6(7)9/h2-3,10-11H,1H3. The van der Waals surface area contributed by atoms with Gasteiger partial charge in [-0.1, -0.05) is 0 Å². The van der Waals surface area contributed by atoms with Gasteiger partial charge in [-0.05, 0) is 44.0 Å². The van der Waals surface area contributed by atoms with Crippen molar-refractivity contribution >= 4 is 37.5 Å². The Kier molecular flexibility index (Phi) is 2.78. The molecule has 0 saturated heterocycles. The van der Waals surface area contributed by atoms with E-state index in [9.17, 15) is 0 Å². The fraction of sp³-hybridized carbons (Fsp3) is 0.143. The molecule has 0 aromatic heterocycles. The molecule has 0 bridgehead atoms. The Labute approximate surface area is 81.9 Å². The van der Waals surface area contributed by atoms with Gasteiger partial charge in [0.1, 0.15) is 5.75 Å². The highest BCUT2D eigenvalue weighted by molar-refractivity contribution is 9.11. The van der Waals surface area contributed by atoms with E-state index in [0.29, 0.717) is 0 Å². The molecule has 1 rings (SSSR count). The fourth-order valence-electron chi connectivity index (χ4n) is 0.799. The van der Waals surface area contributed by atoms with Crippen molar-refractivity contribution in [1.82, 2.24) is 0 Å². The van der Waals surface area contributed by atoms with Crippen LogP contribution in [-0.2, 0) is 0 Å². The predicted molar refractivity (Wildman–Crippen MR) is 53.1 cm³/mol. The highest BCUT2D eigenvalue weighted by Crippen LogP contribution is 2.34. The van der Waals surface area contributed by atoms with E-state index < -0.39 is 0 Å². The van der Waals surface area contributed by atoms with Crippen molar-refractivity contribution < 1.29 is 5.11 Å². The van der Waals surface area contributed by atoms with Crippen LogP contribution in [0.15, 0.2) is 21.1 Å². The van der Waals surface area contributed by atoms with Crippen LogP contribution in [0.4, 0.5) is 5.69 Å². The first-order valence-corrected chi connectivity index (χ1v) is 4.59. The number of rotatable bonds is 1. The van der Waals surface area contributed by atoms with E-state index in [1.165, 1.54) is 0 Å². The number of benzene rings is 1. The molecule has 1 aromatic rings. The summed E-state index contributed by atoms with van der Waals surface area (Å²) in [6.45, 7) is 0. The summed E-state index contributed by atoms with van der Waals surface area (Å²) in [7, 11) is 1.82. The van der Waals surface area contributed by atoms with Crippen LogP contribution in [0.5, 0.6) is 5.75 Å². The van der Waals surface area contributed by atoms with Gasteiger partial charge in [0.2, 0.25) is 0 Å². The summed E-state index contributed by atoms with van der Waals surface area (Å²) in [5, 5.41) is 12.1. The predicted octanol–water partition coefficient (Wildman–Crippen LogP) is 2.96. The van der Waals surface area contributed by atoms with Crippen molar-refractivity contribution in [2.75, 3.05) is 12.4 Å². The summed E-state index contributed by atoms with van der Waals surface area (Å²) in [4.78, 5) is 0. The van der Waals surface area contributed by atoms with Crippen LogP contribution in [0, 0.1) is 0 Å². The Hall–Kier alpha value is -0.220. The average molecular weight is 281 g/mol. The van der Waals surface area contributed by atoms with Gasteiger partial charge in [0.15, 0.2) is 0 Å². The smallest absolute Gasteiger partial charge is 0.117 e. The van der Waals surface area contributed by atoms with Gasteiger partial charge in [0.05, 0.1) is 5.69 Å². The second-order valence-corrected chi connectivity index (χ2v) is 3.74. The number of phenolic OH excluding ortho intramolecular Hbond substituents is 1. The molecule has 0 fully saturated rings. The lowest BCUT2D eigenvalue weighted by atomic mass is 10.3. The van der Waals surface area contributed by atoms with E-state index >= 15 is 0 Å². The van der Waals surface area contributed by atoms with Crippen LogP contribution in [0.1, 0.15) is 0 Å². The topological polar surface area (TPSA) is 32.3 Å². The van der Waals surface area contributed by atoms with Crippen LogP contribution in [0.3, 0.4) is 0 Å². The molecule has 0 atom stereocenters. The van der Waals surface area contributed by atoms with Gasteiger partial charge in [-0.3, -0.25) is 0 Å². The number of aromatic hydroxyl groups is 1. The quantitative estimate of drug-likeness (QED) is 0.776. The number of anilines is 1. The molecule has 4 heteroatoms. The first-order valence-electron chi connectivity index (χ1n) is 3.01. The van der Waals surface area contributed by atoms with Crippen molar-refractivity contribution in [3.05, 3.63) is 21.1 Å². The van der Waals surface area contributed by atoms with Gasteiger partial charge in [-0.15, -0.1) is 0 Å². The van der Waals surface area contributed by atoms with Crippen LogP contribution in [-0.4, -0.2) is 12.2 Å². The first-order chi connectivity index (χ1) is 5.15. The van der Waals surface area contributed by atoms with Crippen molar-refractivity contribution in [1.29, 1.82) is 0 Å². The molecule has 0 aliphatic carbocycles. The van der Waals surface area contributed by atoms with Crippen molar-refractivity contribution in [2.45, 2.75) is 0 Å². The van der Waals surface area contributed by atoms with Crippen LogP contribution in [0.2, 0.25) is 0 Å². The zero-order valence-electron chi connectivity index (χ0n) is 5.86. The van der Waals surface area contributed by atoms with Gasteiger partial charge < -0.3 is 10.4 Å². The highest BCUT2D eigenvalue weighted by Gasteiger charge is 2.03. The molecular formula is C7H7Br2NO. The molecule has 2 nitrogen and oxygen atoms in total. The van der Waals surface area contributed by atoms with Crippen LogP contribution < -0.4 is 5.32 Å².